The van der Waals surface area contributed by atoms with E-state index in [9.17, 15) is 9.59 Å². The number of hydrogen-bond donors (Lipinski definition) is 1. The maximum absolute atomic E-state index is 12.1. The molecule has 8 heteroatoms. The number of hydrogen-bond acceptors (Lipinski definition) is 7. The van der Waals surface area contributed by atoms with Crippen LogP contribution in [0.2, 0.25) is 0 Å². The number of thiophene rings is 1. The van der Waals surface area contributed by atoms with Crippen LogP contribution in [0.3, 0.4) is 0 Å². The van der Waals surface area contributed by atoms with E-state index in [-0.39, 0.29) is 18.4 Å². The van der Waals surface area contributed by atoms with Crippen LogP contribution in [0.1, 0.15) is 38.7 Å². The summed E-state index contributed by atoms with van der Waals surface area (Å²) < 4.78 is 10.4. The summed E-state index contributed by atoms with van der Waals surface area (Å²) in [5.41, 5.74) is 0.832. The molecule has 1 aromatic carbocycles. The van der Waals surface area contributed by atoms with Gasteiger partial charge < -0.3 is 14.5 Å². The molecule has 0 aliphatic heterocycles. The van der Waals surface area contributed by atoms with Gasteiger partial charge in [0.1, 0.15) is 0 Å². The summed E-state index contributed by atoms with van der Waals surface area (Å²) in [5.74, 6) is -0.0290. The number of aryl methyl sites for hydroxylation is 1. The second kappa shape index (κ2) is 7.71. The number of rotatable bonds is 6. The minimum absolute atomic E-state index is 0.0996. The zero-order chi connectivity index (χ0) is 17.6. The summed E-state index contributed by atoms with van der Waals surface area (Å²) >= 11 is 1.34. The highest BCUT2D eigenvalue weighted by Crippen LogP contribution is 2.16. The number of carbonyl (C=O) groups excluding carboxylic acids is 2. The summed E-state index contributed by atoms with van der Waals surface area (Å²) in [6, 6.07) is 10.1. The van der Waals surface area contributed by atoms with Crippen molar-refractivity contribution in [2.45, 2.75) is 20.0 Å². The third-order valence-electron chi connectivity index (χ3n) is 3.24. The Morgan fingerprint density at radius 3 is 2.76 bits per heavy atom. The molecule has 1 N–H and O–H groups in total. The van der Waals surface area contributed by atoms with Crippen molar-refractivity contribution in [2.24, 2.45) is 0 Å². The van der Waals surface area contributed by atoms with Crippen molar-refractivity contribution in [3.8, 4) is 0 Å². The maximum Gasteiger partial charge on any atom is 0.338 e. The van der Waals surface area contributed by atoms with Crippen molar-refractivity contribution in [1.82, 2.24) is 10.2 Å². The highest BCUT2D eigenvalue weighted by Gasteiger charge is 2.13. The Morgan fingerprint density at radius 2 is 2.04 bits per heavy atom. The lowest BCUT2D eigenvalue weighted by Crippen LogP contribution is -2.11. The summed E-state index contributed by atoms with van der Waals surface area (Å²) in [6.45, 7) is 1.79. The second-order valence-corrected chi connectivity index (χ2v) is 5.98. The van der Waals surface area contributed by atoms with E-state index >= 15 is 0 Å². The first-order valence-corrected chi connectivity index (χ1v) is 8.47. The number of aromatic nitrogens is 2. The van der Waals surface area contributed by atoms with Crippen molar-refractivity contribution >= 4 is 28.9 Å². The van der Waals surface area contributed by atoms with Crippen LogP contribution in [-0.2, 0) is 17.8 Å². The number of ether oxygens (including phenoxy) is 1. The fourth-order valence-electron chi connectivity index (χ4n) is 2.02. The van der Waals surface area contributed by atoms with Gasteiger partial charge in [-0.25, -0.2) is 4.79 Å². The molecule has 3 rings (SSSR count). The van der Waals surface area contributed by atoms with Gasteiger partial charge in [0.2, 0.25) is 5.89 Å². The SMILES string of the molecule is CCc1nnc(COC(=O)c2cccc(NC(=O)c3cccs3)c2)o1. The largest absolute Gasteiger partial charge is 0.452 e. The van der Waals surface area contributed by atoms with E-state index < -0.39 is 5.97 Å². The van der Waals surface area contributed by atoms with Gasteiger partial charge in [-0.3, -0.25) is 4.79 Å². The molecule has 0 radical (unpaired) electrons. The molecule has 25 heavy (non-hydrogen) atoms. The summed E-state index contributed by atoms with van der Waals surface area (Å²) in [5, 5.41) is 12.2. The zero-order valence-corrected chi connectivity index (χ0v) is 14.2. The van der Waals surface area contributed by atoms with Gasteiger partial charge in [0.05, 0.1) is 10.4 Å². The van der Waals surface area contributed by atoms with E-state index in [1.807, 2.05) is 12.3 Å². The minimum Gasteiger partial charge on any atom is -0.452 e. The third-order valence-corrected chi connectivity index (χ3v) is 4.11. The molecule has 0 spiro atoms. The molecule has 0 saturated heterocycles. The zero-order valence-electron chi connectivity index (χ0n) is 13.4. The van der Waals surface area contributed by atoms with Crippen LogP contribution in [0.25, 0.3) is 0 Å². The standard InChI is InChI=1S/C17H15N3O4S/c1-2-14-19-20-15(24-14)10-23-17(22)11-5-3-6-12(9-11)18-16(21)13-7-4-8-25-13/h3-9H,2,10H2,1H3,(H,18,21). The molecule has 0 aliphatic carbocycles. The Labute approximate surface area is 147 Å². The van der Waals surface area contributed by atoms with E-state index in [1.54, 1.807) is 36.4 Å². The lowest BCUT2D eigenvalue weighted by Gasteiger charge is -2.06. The van der Waals surface area contributed by atoms with E-state index in [2.05, 4.69) is 15.5 Å². The fraction of sp³-hybridized carbons (Fsp3) is 0.176. The van der Waals surface area contributed by atoms with Crippen LogP contribution in [-0.4, -0.2) is 22.1 Å². The molecule has 2 aromatic heterocycles. The quantitative estimate of drug-likeness (QED) is 0.680. The van der Waals surface area contributed by atoms with Gasteiger partial charge in [-0.1, -0.05) is 19.1 Å². The van der Waals surface area contributed by atoms with Gasteiger partial charge >= 0.3 is 5.97 Å². The molecule has 7 nitrogen and oxygen atoms in total. The second-order valence-electron chi connectivity index (χ2n) is 5.03. The van der Waals surface area contributed by atoms with Crippen molar-refractivity contribution in [2.75, 3.05) is 5.32 Å². The van der Waals surface area contributed by atoms with Gasteiger partial charge in [-0.2, -0.15) is 0 Å². The molecule has 0 aliphatic rings. The first-order valence-electron chi connectivity index (χ1n) is 7.59. The Kier molecular flexibility index (Phi) is 5.20. The number of benzene rings is 1. The van der Waals surface area contributed by atoms with Crippen LogP contribution in [0.15, 0.2) is 46.2 Å². The van der Waals surface area contributed by atoms with E-state index in [0.717, 1.165) is 0 Å². The maximum atomic E-state index is 12.1. The smallest absolute Gasteiger partial charge is 0.338 e. The lowest BCUT2D eigenvalue weighted by molar-refractivity contribution is 0.0436. The number of nitrogens with zero attached hydrogens (tertiary/aromatic N) is 2. The van der Waals surface area contributed by atoms with Gasteiger partial charge in [-0.05, 0) is 29.6 Å². The van der Waals surface area contributed by atoms with Crippen molar-refractivity contribution in [3.63, 3.8) is 0 Å². The number of esters is 1. The van der Waals surface area contributed by atoms with E-state index in [4.69, 9.17) is 9.15 Å². The lowest BCUT2D eigenvalue weighted by atomic mass is 10.2. The highest BCUT2D eigenvalue weighted by atomic mass is 32.1. The Morgan fingerprint density at radius 1 is 1.20 bits per heavy atom. The molecule has 0 fully saturated rings. The predicted molar refractivity (Wildman–Crippen MR) is 91.5 cm³/mol. The van der Waals surface area contributed by atoms with E-state index in [0.29, 0.717) is 28.4 Å². The van der Waals surface area contributed by atoms with Gasteiger partial charge in [0, 0.05) is 12.1 Å². The van der Waals surface area contributed by atoms with Crippen LogP contribution in [0.5, 0.6) is 0 Å². The Hall–Kier alpha value is -3.00. The fourth-order valence-corrected chi connectivity index (χ4v) is 2.64. The summed E-state index contributed by atoms with van der Waals surface area (Å²) in [7, 11) is 0. The van der Waals surface area contributed by atoms with Crippen LogP contribution >= 0.6 is 11.3 Å². The molecule has 0 bridgehead atoms. The van der Waals surface area contributed by atoms with Gasteiger partial charge in [0.15, 0.2) is 6.61 Å². The summed E-state index contributed by atoms with van der Waals surface area (Å²) in [4.78, 5) is 24.8. The Balaban J connectivity index is 1.62. The summed E-state index contributed by atoms with van der Waals surface area (Å²) in [6.07, 6.45) is 0.618. The molecular weight excluding hydrogens is 342 g/mol. The molecule has 0 atom stereocenters. The van der Waals surface area contributed by atoms with E-state index in [1.165, 1.54) is 11.3 Å². The highest BCUT2D eigenvalue weighted by molar-refractivity contribution is 7.12. The third kappa shape index (κ3) is 4.30. The van der Waals surface area contributed by atoms with Crippen LogP contribution in [0, 0.1) is 0 Å². The average molecular weight is 357 g/mol. The number of anilines is 1. The molecule has 2 heterocycles. The van der Waals surface area contributed by atoms with Crippen molar-refractivity contribution in [1.29, 1.82) is 0 Å². The monoisotopic (exact) mass is 357 g/mol. The topological polar surface area (TPSA) is 94.3 Å². The molecule has 0 unspecified atom stereocenters. The molecule has 3 aromatic rings. The van der Waals surface area contributed by atoms with Crippen molar-refractivity contribution in [3.05, 3.63) is 64.0 Å². The van der Waals surface area contributed by atoms with Gasteiger partial charge in [0.25, 0.3) is 11.8 Å². The molecule has 1 amide bonds. The molecular formula is C17H15N3O4S. The van der Waals surface area contributed by atoms with Gasteiger partial charge in [-0.15, -0.1) is 21.5 Å². The van der Waals surface area contributed by atoms with Crippen LogP contribution < -0.4 is 5.32 Å². The molecule has 128 valence electrons. The normalized spacial score (nSPS) is 10.4. The first kappa shape index (κ1) is 16.8. The number of carbonyl (C=O) groups is 2. The first-order chi connectivity index (χ1) is 12.2. The number of nitrogens with one attached hydrogen (secondary N) is 1. The predicted octanol–water partition coefficient (Wildman–Crippen LogP) is 3.30. The average Bonchev–Trinajstić information content (AvgIpc) is 3.31. The van der Waals surface area contributed by atoms with Crippen molar-refractivity contribution < 1.29 is 18.7 Å². The molecule has 0 saturated carbocycles. The Bertz CT molecular complexity index is 874. The minimum atomic E-state index is -0.538. The number of amides is 1. The van der Waals surface area contributed by atoms with Crippen LogP contribution in [0.4, 0.5) is 5.69 Å².